The van der Waals surface area contributed by atoms with Crippen LogP contribution in [0.25, 0.3) is 16.3 Å². The Hall–Kier alpha value is -2.02. The number of nitrogens with zero attached hydrogens (tertiary/aromatic N) is 2. The van der Waals surface area contributed by atoms with Crippen LogP contribution in [-0.4, -0.2) is 23.7 Å². The van der Waals surface area contributed by atoms with Gasteiger partial charge in [-0.1, -0.05) is 23.5 Å². The molecule has 0 unspecified atom stereocenters. The van der Waals surface area contributed by atoms with Crippen molar-refractivity contribution in [3.05, 3.63) is 56.5 Å². The third-order valence-electron chi connectivity index (χ3n) is 3.91. The van der Waals surface area contributed by atoms with Gasteiger partial charge >= 0.3 is 0 Å². The smallest absolute Gasteiger partial charge is 0.272 e. The maximum Gasteiger partial charge on any atom is 0.272 e. The van der Waals surface area contributed by atoms with Crippen LogP contribution in [0.1, 0.15) is 22.9 Å². The lowest BCUT2D eigenvalue weighted by Gasteiger charge is -2.08. The van der Waals surface area contributed by atoms with Crippen LogP contribution in [0, 0.1) is 13.8 Å². The van der Waals surface area contributed by atoms with Crippen molar-refractivity contribution in [3.8, 4) is 0 Å². The monoisotopic (exact) mass is 386 g/mol. The SMILES string of the molecule is CCOCCn1c(=NC(=O)C=Cc2cccs2)sc2cc(C)cc(C)c21. The second-order valence-electron chi connectivity index (χ2n) is 5.96. The summed E-state index contributed by atoms with van der Waals surface area (Å²) in [7, 11) is 0. The Morgan fingerprint density at radius 2 is 2.19 bits per heavy atom. The van der Waals surface area contributed by atoms with E-state index in [1.54, 1.807) is 22.7 Å². The van der Waals surface area contributed by atoms with Gasteiger partial charge in [-0.15, -0.1) is 11.3 Å². The second-order valence-corrected chi connectivity index (χ2v) is 7.95. The number of benzene rings is 1. The molecule has 0 spiro atoms. The number of fused-ring (bicyclic) bond motifs is 1. The predicted molar refractivity (Wildman–Crippen MR) is 110 cm³/mol. The number of thiazole rings is 1. The Labute approximate surface area is 161 Å². The van der Waals surface area contributed by atoms with E-state index < -0.39 is 0 Å². The Bertz CT molecular complexity index is 995. The fourth-order valence-electron chi connectivity index (χ4n) is 2.86. The van der Waals surface area contributed by atoms with Gasteiger partial charge in [-0.3, -0.25) is 4.79 Å². The van der Waals surface area contributed by atoms with E-state index in [4.69, 9.17) is 4.74 Å². The molecular weight excluding hydrogens is 364 g/mol. The van der Waals surface area contributed by atoms with Crippen molar-refractivity contribution in [1.82, 2.24) is 4.57 Å². The molecule has 1 aromatic carbocycles. The third-order valence-corrected chi connectivity index (χ3v) is 5.78. The van der Waals surface area contributed by atoms with Gasteiger partial charge in [-0.05, 0) is 55.5 Å². The average Bonchev–Trinajstić information content (AvgIpc) is 3.21. The molecular formula is C20H22N2O2S2. The van der Waals surface area contributed by atoms with Crippen molar-refractivity contribution in [2.75, 3.05) is 13.2 Å². The van der Waals surface area contributed by atoms with Gasteiger partial charge in [-0.2, -0.15) is 4.99 Å². The average molecular weight is 387 g/mol. The lowest BCUT2D eigenvalue weighted by atomic mass is 10.1. The van der Waals surface area contributed by atoms with E-state index in [0.717, 1.165) is 15.1 Å². The fraction of sp³-hybridized carbons (Fsp3) is 0.300. The minimum Gasteiger partial charge on any atom is -0.380 e. The van der Waals surface area contributed by atoms with Crippen LogP contribution in [0.5, 0.6) is 0 Å². The molecule has 0 aliphatic rings. The number of hydrogen-bond donors (Lipinski definition) is 0. The summed E-state index contributed by atoms with van der Waals surface area (Å²) in [4.78, 5) is 18.4. The van der Waals surface area contributed by atoms with Gasteiger partial charge < -0.3 is 9.30 Å². The van der Waals surface area contributed by atoms with Gasteiger partial charge in [0.25, 0.3) is 5.91 Å². The molecule has 0 saturated heterocycles. The summed E-state index contributed by atoms with van der Waals surface area (Å²) < 4.78 is 8.76. The quantitative estimate of drug-likeness (QED) is 0.460. The molecule has 2 heterocycles. The lowest BCUT2D eigenvalue weighted by molar-refractivity contribution is -0.113. The van der Waals surface area contributed by atoms with E-state index >= 15 is 0 Å². The van der Waals surface area contributed by atoms with Crippen LogP contribution >= 0.6 is 22.7 Å². The molecule has 26 heavy (non-hydrogen) atoms. The summed E-state index contributed by atoms with van der Waals surface area (Å²) in [5.74, 6) is -0.246. The minimum absolute atomic E-state index is 0.246. The molecule has 136 valence electrons. The highest BCUT2D eigenvalue weighted by Crippen LogP contribution is 2.23. The summed E-state index contributed by atoms with van der Waals surface area (Å²) in [6, 6.07) is 8.25. The molecule has 0 saturated carbocycles. The first-order valence-corrected chi connectivity index (χ1v) is 10.3. The van der Waals surface area contributed by atoms with E-state index in [-0.39, 0.29) is 5.91 Å². The molecule has 1 amide bonds. The van der Waals surface area contributed by atoms with Gasteiger partial charge in [0.2, 0.25) is 0 Å². The standard InChI is InChI=1S/C20H22N2O2S2/c1-4-24-10-9-22-19-15(3)12-14(2)13-17(19)26-20(22)21-18(23)8-7-16-6-5-11-25-16/h5-8,11-13H,4,9-10H2,1-3H3. The summed E-state index contributed by atoms with van der Waals surface area (Å²) in [6.45, 7) is 8.12. The molecule has 0 N–H and O–H groups in total. The first-order valence-electron chi connectivity index (χ1n) is 8.57. The van der Waals surface area contributed by atoms with Crippen LogP contribution < -0.4 is 4.80 Å². The molecule has 0 atom stereocenters. The molecule has 3 aromatic rings. The van der Waals surface area contributed by atoms with Crippen molar-refractivity contribution in [1.29, 1.82) is 0 Å². The number of thiophene rings is 1. The van der Waals surface area contributed by atoms with Gasteiger partial charge in [0.1, 0.15) is 0 Å². The van der Waals surface area contributed by atoms with Gasteiger partial charge in [-0.25, -0.2) is 0 Å². The van der Waals surface area contributed by atoms with Crippen molar-refractivity contribution < 1.29 is 9.53 Å². The molecule has 3 rings (SSSR count). The summed E-state index contributed by atoms with van der Waals surface area (Å²) in [6.07, 6.45) is 3.34. The zero-order valence-electron chi connectivity index (χ0n) is 15.2. The van der Waals surface area contributed by atoms with Crippen LogP contribution in [0.2, 0.25) is 0 Å². The normalized spacial score (nSPS) is 12.5. The van der Waals surface area contributed by atoms with Gasteiger partial charge in [0, 0.05) is 24.1 Å². The van der Waals surface area contributed by atoms with Crippen LogP contribution in [-0.2, 0) is 16.1 Å². The first-order chi connectivity index (χ1) is 12.6. The fourth-order valence-corrected chi connectivity index (χ4v) is 4.71. The molecule has 0 aliphatic heterocycles. The van der Waals surface area contributed by atoms with Crippen molar-refractivity contribution in [2.45, 2.75) is 27.3 Å². The second kappa shape index (κ2) is 8.58. The zero-order valence-corrected chi connectivity index (χ0v) is 16.8. The predicted octanol–water partition coefficient (Wildman–Crippen LogP) is 4.56. The van der Waals surface area contributed by atoms with Crippen molar-refractivity contribution >= 4 is 44.9 Å². The van der Waals surface area contributed by atoms with Gasteiger partial charge in [0.15, 0.2) is 4.80 Å². The summed E-state index contributed by atoms with van der Waals surface area (Å²) in [5, 5.41) is 1.99. The Kier molecular flexibility index (Phi) is 6.19. The van der Waals surface area contributed by atoms with E-state index in [1.165, 1.54) is 17.2 Å². The van der Waals surface area contributed by atoms with Gasteiger partial charge in [0.05, 0.1) is 16.8 Å². The molecule has 0 bridgehead atoms. The third kappa shape index (κ3) is 4.38. The number of carbonyl (C=O) groups is 1. The van der Waals surface area contributed by atoms with Crippen LogP contribution in [0.15, 0.2) is 40.7 Å². The Morgan fingerprint density at radius 3 is 2.92 bits per heavy atom. The molecule has 4 nitrogen and oxygen atoms in total. The largest absolute Gasteiger partial charge is 0.380 e. The Balaban J connectivity index is 2.01. The number of carbonyl (C=O) groups excluding carboxylic acids is 1. The van der Waals surface area contributed by atoms with E-state index in [9.17, 15) is 4.79 Å². The lowest BCUT2D eigenvalue weighted by Crippen LogP contribution is -2.19. The molecule has 2 aromatic heterocycles. The minimum atomic E-state index is -0.246. The number of aryl methyl sites for hydroxylation is 2. The number of hydrogen-bond acceptors (Lipinski definition) is 4. The molecule has 0 fully saturated rings. The maximum absolute atomic E-state index is 12.3. The highest BCUT2D eigenvalue weighted by atomic mass is 32.1. The highest BCUT2D eigenvalue weighted by Gasteiger charge is 2.10. The summed E-state index contributed by atoms with van der Waals surface area (Å²) >= 11 is 3.15. The highest BCUT2D eigenvalue weighted by molar-refractivity contribution is 7.16. The first kappa shape index (κ1) is 18.8. The van der Waals surface area contributed by atoms with E-state index in [1.807, 2.05) is 30.5 Å². The van der Waals surface area contributed by atoms with E-state index in [0.29, 0.717) is 24.6 Å². The number of aromatic nitrogens is 1. The molecule has 0 radical (unpaired) electrons. The maximum atomic E-state index is 12.3. The number of ether oxygens (including phenoxy) is 1. The van der Waals surface area contributed by atoms with Crippen molar-refractivity contribution in [2.24, 2.45) is 4.99 Å². The summed E-state index contributed by atoms with van der Waals surface area (Å²) in [5.41, 5.74) is 3.54. The van der Waals surface area contributed by atoms with Crippen molar-refractivity contribution in [3.63, 3.8) is 0 Å². The number of rotatable bonds is 6. The Morgan fingerprint density at radius 1 is 1.35 bits per heavy atom. The number of amides is 1. The zero-order chi connectivity index (χ0) is 18.5. The van der Waals surface area contributed by atoms with E-state index in [2.05, 4.69) is 35.5 Å². The molecule has 6 heteroatoms. The van der Waals surface area contributed by atoms with Crippen LogP contribution in [0.4, 0.5) is 0 Å². The molecule has 0 aliphatic carbocycles. The van der Waals surface area contributed by atoms with Crippen LogP contribution in [0.3, 0.4) is 0 Å². The topological polar surface area (TPSA) is 43.6 Å².